The van der Waals surface area contributed by atoms with Crippen molar-refractivity contribution in [2.75, 3.05) is 24.2 Å². The smallest absolute Gasteiger partial charge is 0.168 e. The molecule has 102 valence electrons. The van der Waals surface area contributed by atoms with Gasteiger partial charge in [-0.2, -0.15) is 5.10 Å². The summed E-state index contributed by atoms with van der Waals surface area (Å²) in [7, 11) is 3.29. The molecule has 0 unspecified atom stereocenters. The third-order valence-corrected chi connectivity index (χ3v) is 2.45. The van der Waals surface area contributed by atoms with E-state index in [1.54, 1.807) is 18.1 Å². The monoisotopic (exact) mass is 268 g/mol. The first-order valence-corrected chi connectivity index (χ1v) is 5.72. The van der Waals surface area contributed by atoms with E-state index in [9.17, 15) is 8.78 Å². The van der Waals surface area contributed by atoms with E-state index in [4.69, 9.17) is 0 Å². The Hall–Kier alpha value is -2.25. The number of anilines is 2. The summed E-state index contributed by atoms with van der Waals surface area (Å²) in [6.45, 7) is 0.405. The summed E-state index contributed by atoms with van der Waals surface area (Å²) in [5.74, 6) is -0.810. The molecule has 0 saturated carbocycles. The topological polar surface area (TPSA) is 67.7 Å². The molecule has 0 atom stereocenters. The van der Waals surface area contributed by atoms with E-state index in [0.29, 0.717) is 18.8 Å². The van der Waals surface area contributed by atoms with Gasteiger partial charge in [-0.05, 0) is 0 Å². The second-order valence-electron chi connectivity index (χ2n) is 3.91. The number of nitrogens with zero attached hydrogens (tertiary/aromatic N) is 4. The zero-order valence-corrected chi connectivity index (χ0v) is 10.6. The second kappa shape index (κ2) is 5.59. The summed E-state index contributed by atoms with van der Waals surface area (Å²) < 4.78 is 28.3. The Morgan fingerprint density at radius 3 is 2.63 bits per heavy atom. The van der Waals surface area contributed by atoms with Gasteiger partial charge in [-0.3, -0.25) is 4.68 Å². The van der Waals surface area contributed by atoms with Crippen LogP contribution in [0, 0.1) is 11.6 Å². The predicted molar refractivity (Wildman–Crippen MR) is 66.9 cm³/mol. The zero-order chi connectivity index (χ0) is 13.8. The quantitative estimate of drug-likeness (QED) is 0.852. The second-order valence-corrected chi connectivity index (χ2v) is 3.91. The van der Waals surface area contributed by atoms with Gasteiger partial charge in [0.15, 0.2) is 29.1 Å². The fourth-order valence-electron chi connectivity index (χ4n) is 1.56. The maximum Gasteiger partial charge on any atom is 0.168 e. The lowest BCUT2D eigenvalue weighted by atomic mass is 10.3. The van der Waals surface area contributed by atoms with Crippen molar-refractivity contribution in [1.29, 1.82) is 0 Å². The Balaban J connectivity index is 1.99. The summed E-state index contributed by atoms with van der Waals surface area (Å²) in [5, 5.41) is 9.44. The maximum atomic E-state index is 13.5. The van der Waals surface area contributed by atoms with Crippen LogP contribution in [0.3, 0.4) is 0 Å². The summed E-state index contributed by atoms with van der Waals surface area (Å²) in [5.41, 5.74) is 0. The number of aryl methyl sites for hydroxylation is 1. The van der Waals surface area contributed by atoms with Crippen molar-refractivity contribution in [1.82, 2.24) is 19.7 Å². The van der Waals surface area contributed by atoms with Crippen molar-refractivity contribution < 1.29 is 8.78 Å². The van der Waals surface area contributed by atoms with Crippen LogP contribution in [0.4, 0.5) is 20.4 Å². The average Bonchev–Trinajstić information content (AvgIpc) is 2.78. The molecule has 8 heteroatoms. The first-order chi connectivity index (χ1) is 9.10. The summed E-state index contributed by atoms with van der Waals surface area (Å²) in [6, 6.07) is 0.792. The van der Waals surface area contributed by atoms with Crippen molar-refractivity contribution >= 4 is 11.6 Å². The van der Waals surface area contributed by atoms with E-state index in [1.807, 2.05) is 0 Å². The normalized spacial score (nSPS) is 10.5. The first-order valence-electron chi connectivity index (χ1n) is 5.72. The van der Waals surface area contributed by atoms with Crippen LogP contribution in [0.15, 0.2) is 12.4 Å². The Morgan fingerprint density at radius 1 is 1.26 bits per heavy atom. The van der Waals surface area contributed by atoms with Crippen LogP contribution in [-0.4, -0.2) is 33.3 Å². The highest BCUT2D eigenvalue weighted by Crippen LogP contribution is 2.18. The van der Waals surface area contributed by atoms with Gasteiger partial charge in [-0.1, -0.05) is 0 Å². The van der Waals surface area contributed by atoms with E-state index in [0.717, 1.165) is 6.07 Å². The van der Waals surface area contributed by atoms with Crippen LogP contribution >= 0.6 is 0 Å². The fourth-order valence-corrected chi connectivity index (χ4v) is 1.56. The number of pyridine rings is 1. The molecule has 2 rings (SSSR count). The Kier molecular flexibility index (Phi) is 3.88. The van der Waals surface area contributed by atoms with Gasteiger partial charge in [0, 0.05) is 33.1 Å². The average molecular weight is 268 g/mol. The van der Waals surface area contributed by atoms with Crippen LogP contribution in [-0.2, 0) is 13.5 Å². The Morgan fingerprint density at radius 2 is 2.00 bits per heavy atom. The molecule has 0 saturated heterocycles. The van der Waals surface area contributed by atoms with Crippen LogP contribution in [0.2, 0.25) is 0 Å². The molecule has 6 nitrogen and oxygen atoms in total. The molecule has 0 radical (unpaired) electrons. The summed E-state index contributed by atoms with van der Waals surface area (Å²) in [4.78, 5) is 7.85. The molecule has 0 spiro atoms. The van der Waals surface area contributed by atoms with Crippen LogP contribution in [0.1, 0.15) is 5.82 Å². The van der Waals surface area contributed by atoms with E-state index in [2.05, 4.69) is 25.7 Å². The molecule has 0 fully saturated rings. The molecular formula is C11H14F2N6. The molecule has 2 aromatic rings. The van der Waals surface area contributed by atoms with Crippen LogP contribution < -0.4 is 10.6 Å². The van der Waals surface area contributed by atoms with Crippen molar-refractivity contribution in [2.24, 2.45) is 7.05 Å². The first kappa shape index (κ1) is 13.2. The minimum atomic E-state index is -0.731. The Labute approximate surface area is 108 Å². The lowest BCUT2D eigenvalue weighted by molar-refractivity contribution is 0.578. The van der Waals surface area contributed by atoms with Gasteiger partial charge >= 0.3 is 0 Å². The molecule has 0 aliphatic heterocycles. The summed E-state index contributed by atoms with van der Waals surface area (Å²) in [6.07, 6.45) is 2.11. The van der Waals surface area contributed by atoms with E-state index >= 15 is 0 Å². The molecule has 0 aliphatic carbocycles. The predicted octanol–water partition coefficient (Wildman–Crippen LogP) is 1.18. The fraction of sp³-hybridized carbons (Fsp3) is 0.364. The van der Waals surface area contributed by atoms with Crippen molar-refractivity contribution in [3.63, 3.8) is 0 Å². The van der Waals surface area contributed by atoms with Crippen molar-refractivity contribution in [3.8, 4) is 0 Å². The number of nitrogens with one attached hydrogen (secondary N) is 2. The standard InChI is InChI=1S/C11H14F2N6/c1-14-10-7(12)5-8(13)11(17-10)15-4-3-9-16-6-19(2)18-9/h5-6H,3-4H2,1-2H3,(H2,14,15,17). The molecule has 0 bridgehead atoms. The summed E-state index contributed by atoms with van der Waals surface area (Å²) >= 11 is 0. The number of rotatable bonds is 5. The lowest BCUT2D eigenvalue weighted by Gasteiger charge is -2.08. The number of hydrogen-bond acceptors (Lipinski definition) is 5. The largest absolute Gasteiger partial charge is 0.371 e. The molecule has 2 N–H and O–H groups in total. The highest BCUT2D eigenvalue weighted by Gasteiger charge is 2.10. The molecule has 2 heterocycles. The van der Waals surface area contributed by atoms with Gasteiger partial charge in [0.05, 0.1) is 0 Å². The molecule has 2 aromatic heterocycles. The lowest BCUT2D eigenvalue weighted by Crippen LogP contribution is -2.11. The number of hydrogen-bond donors (Lipinski definition) is 2. The van der Waals surface area contributed by atoms with Crippen molar-refractivity contribution in [2.45, 2.75) is 6.42 Å². The van der Waals surface area contributed by atoms with Crippen LogP contribution in [0.5, 0.6) is 0 Å². The third-order valence-electron chi connectivity index (χ3n) is 2.45. The van der Waals surface area contributed by atoms with Crippen LogP contribution in [0.25, 0.3) is 0 Å². The van der Waals surface area contributed by atoms with E-state index in [-0.39, 0.29) is 11.6 Å². The minimum absolute atomic E-state index is 0.000129. The van der Waals surface area contributed by atoms with Gasteiger partial charge in [-0.25, -0.2) is 18.7 Å². The maximum absolute atomic E-state index is 13.5. The molecular weight excluding hydrogens is 254 g/mol. The number of halogens is 2. The highest BCUT2D eigenvalue weighted by atomic mass is 19.1. The molecule has 0 aromatic carbocycles. The number of aromatic nitrogens is 4. The molecule has 19 heavy (non-hydrogen) atoms. The molecule has 0 aliphatic rings. The van der Waals surface area contributed by atoms with Gasteiger partial charge in [-0.15, -0.1) is 0 Å². The van der Waals surface area contributed by atoms with Gasteiger partial charge in [0.1, 0.15) is 6.33 Å². The highest BCUT2D eigenvalue weighted by molar-refractivity contribution is 5.47. The van der Waals surface area contributed by atoms with Gasteiger partial charge in [0.2, 0.25) is 0 Å². The Bertz CT molecular complexity index is 568. The minimum Gasteiger partial charge on any atom is -0.371 e. The van der Waals surface area contributed by atoms with E-state index in [1.165, 1.54) is 7.05 Å². The SMILES string of the molecule is CNc1nc(NCCc2ncn(C)n2)c(F)cc1F. The van der Waals surface area contributed by atoms with Crippen molar-refractivity contribution in [3.05, 3.63) is 29.9 Å². The van der Waals surface area contributed by atoms with Gasteiger partial charge in [0.25, 0.3) is 0 Å². The zero-order valence-electron chi connectivity index (χ0n) is 10.6. The third kappa shape index (κ3) is 3.15. The van der Waals surface area contributed by atoms with E-state index < -0.39 is 11.6 Å². The van der Waals surface area contributed by atoms with Gasteiger partial charge < -0.3 is 10.6 Å². The molecule has 0 amide bonds.